The van der Waals surface area contributed by atoms with Gasteiger partial charge in [0, 0.05) is 11.5 Å². The lowest BCUT2D eigenvalue weighted by atomic mass is 9.42. The van der Waals surface area contributed by atoms with Gasteiger partial charge in [0.1, 0.15) is 43.2 Å². The van der Waals surface area contributed by atoms with Gasteiger partial charge in [-0.1, -0.05) is 13.8 Å². The predicted molar refractivity (Wildman–Crippen MR) is 166 cm³/mol. The van der Waals surface area contributed by atoms with Gasteiger partial charge in [-0.15, -0.1) is 0 Å². The van der Waals surface area contributed by atoms with E-state index in [-0.39, 0.29) is 47.8 Å². The van der Waals surface area contributed by atoms with Crippen molar-refractivity contribution in [2.45, 2.75) is 158 Å². The molecule has 7 N–H and O–H groups in total. The number of aliphatic hydroxyl groups excluding tert-OH is 6. The average molecular weight is 683 g/mol. The van der Waals surface area contributed by atoms with Crippen LogP contribution in [0.15, 0.2) is 11.6 Å². The minimum atomic E-state index is -1.56. The molecule has 0 aromatic rings. The zero-order chi connectivity index (χ0) is 34.5. The van der Waals surface area contributed by atoms with Crippen LogP contribution in [0.5, 0.6) is 0 Å². The maximum atomic E-state index is 12.5. The van der Waals surface area contributed by atoms with Crippen LogP contribution in [0.3, 0.4) is 0 Å². The van der Waals surface area contributed by atoms with Crippen LogP contribution < -0.4 is 0 Å². The van der Waals surface area contributed by atoms with Crippen LogP contribution in [0.2, 0.25) is 0 Å². The van der Waals surface area contributed by atoms with Crippen molar-refractivity contribution in [1.29, 1.82) is 0 Å². The van der Waals surface area contributed by atoms with Crippen LogP contribution in [-0.2, 0) is 28.5 Å². The summed E-state index contributed by atoms with van der Waals surface area (Å²) in [5, 5.41) is 77.0. The molecule has 4 aliphatic carbocycles. The first-order valence-corrected chi connectivity index (χ1v) is 17.9. The molecule has 0 aromatic carbocycles. The van der Waals surface area contributed by atoms with Crippen LogP contribution in [0.4, 0.5) is 0 Å². The van der Waals surface area contributed by atoms with E-state index >= 15 is 0 Å². The number of carbonyl (C=O) groups excluding carboxylic acids is 1. The Morgan fingerprint density at radius 2 is 1.50 bits per heavy atom. The van der Waals surface area contributed by atoms with Crippen molar-refractivity contribution in [3.8, 4) is 0 Å². The number of aliphatic hydroxyl groups is 7. The second-order valence-electron chi connectivity index (χ2n) is 16.4. The topological polar surface area (TPSA) is 205 Å². The van der Waals surface area contributed by atoms with E-state index in [9.17, 15) is 40.5 Å². The monoisotopic (exact) mass is 682 g/mol. The summed E-state index contributed by atoms with van der Waals surface area (Å²) < 4.78 is 28.9. The number of cyclic esters (lactones) is 1. The Labute approximate surface area is 281 Å². The van der Waals surface area contributed by atoms with E-state index in [2.05, 4.69) is 13.8 Å². The van der Waals surface area contributed by atoms with Gasteiger partial charge in [-0.2, -0.15) is 0 Å². The summed E-state index contributed by atoms with van der Waals surface area (Å²) in [6.45, 7) is 7.78. The minimum absolute atomic E-state index is 0.00723. The first-order valence-electron chi connectivity index (χ1n) is 17.9. The molecule has 3 heterocycles. The second kappa shape index (κ2) is 12.5. The third-order valence-corrected chi connectivity index (χ3v) is 14.1. The fraction of sp³-hybridized carbons (Fsp3) is 0.914. The number of esters is 1. The molecule has 4 saturated carbocycles. The summed E-state index contributed by atoms with van der Waals surface area (Å²) in [4.78, 5) is 11.9. The van der Waals surface area contributed by atoms with Gasteiger partial charge in [-0.25, -0.2) is 4.79 Å². The zero-order valence-corrected chi connectivity index (χ0v) is 28.3. The highest BCUT2D eigenvalue weighted by Gasteiger charge is 2.70. The summed E-state index contributed by atoms with van der Waals surface area (Å²) in [5.74, 6) is -0.273. The molecule has 0 spiro atoms. The summed E-state index contributed by atoms with van der Waals surface area (Å²) in [5.41, 5.74) is -0.796. The largest absolute Gasteiger partial charge is 0.458 e. The third kappa shape index (κ3) is 5.34. The molecule has 19 atom stereocenters. The van der Waals surface area contributed by atoms with Gasteiger partial charge in [-0.3, -0.25) is 0 Å². The van der Waals surface area contributed by atoms with Gasteiger partial charge in [-0.05, 0) is 99.9 Å². The van der Waals surface area contributed by atoms with E-state index in [0.29, 0.717) is 25.7 Å². The molecule has 0 amide bonds. The molecule has 48 heavy (non-hydrogen) atoms. The Bertz CT molecular complexity index is 1260. The molecule has 7 aliphatic rings. The van der Waals surface area contributed by atoms with E-state index in [1.165, 1.54) is 6.92 Å². The smallest absolute Gasteiger partial charge is 0.331 e. The van der Waals surface area contributed by atoms with Gasteiger partial charge in [0.25, 0.3) is 0 Å². The van der Waals surface area contributed by atoms with Crippen molar-refractivity contribution in [1.82, 2.24) is 0 Å². The molecule has 7 rings (SSSR count). The molecule has 13 nitrogen and oxygen atoms in total. The first-order chi connectivity index (χ1) is 22.6. The highest BCUT2D eigenvalue weighted by molar-refractivity contribution is 5.85. The molecular formula is C35H54O13. The number of fused-ring (bicyclic) bond motifs is 5. The van der Waals surface area contributed by atoms with E-state index in [0.717, 1.165) is 31.3 Å². The minimum Gasteiger partial charge on any atom is -0.458 e. The van der Waals surface area contributed by atoms with Crippen LogP contribution >= 0.6 is 0 Å². The molecule has 0 radical (unpaired) electrons. The Kier molecular flexibility index (Phi) is 9.14. The molecule has 2 saturated heterocycles. The molecule has 6 fully saturated rings. The molecule has 13 heteroatoms. The molecule has 0 aromatic heterocycles. The predicted octanol–water partition coefficient (Wildman–Crippen LogP) is 0.279. The van der Waals surface area contributed by atoms with Crippen molar-refractivity contribution in [3.63, 3.8) is 0 Å². The Morgan fingerprint density at radius 3 is 2.21 bits per heavy atom. The van der Waals surface area contributed by atoms with Gasteiger partial charge >= 0.3 is 5.97 Å². The standard InChI is InChI=1S/C35H54O13/c1-15-25(38)26(39)28(41)32(45-15)48-30-16(2)46-31(29(42)27(30)40)47-19-7-9-33(3)18(12-19)5-6-21-24(33)22(36)13-34(4)20(8-10-35(21,34)43)17-11-23(37)44-14-17/h11,15-16,18-22,24-32,36,38-43H,5-10,12-14H2,1-4H3. The average Bonchev–Trinajstić information content (AvgIpc) is 3.58. The molecular weight excluding hydrogens is 628 g/mol. The summed E-state index contributed by atoms with van der Waals surface area (Å²) >= 11 is 0. The van der Waals surface area contributed by atoms with E-state index in [1.54, 1.807) is 13.0 Å². The van der Waals surface area contributed by atoms with Crippen LogP contribution in [0, 0.1) is 34.5 Å². The zero-order valence-electron chi connectivity index (χ0n) is 28.3. The highest BCUT2D eigenvalue weighted by Crippen LogP contribution is 2.70. The maximum absolute atomic E-state index is 12.5. The Balaban J connectivity index is 0.999. The fourth-order valence-corrected chi connectivity index (χ4v) is 11.4. The third-order valence-electron chi connectivity index (χ3n) is 14.1. The summed E-state index contributed by atoms with van der Waals surface area (Å²) in [7, 11) is 0. The van der Waals surface area contributed by atoms with E-state index < -0.39 is 78.5 Å². The Hall–Kier alpha value is -1.23. The maximum Gasteiger partial charge on any atom is 0.331 e. The van der Waals surface area contributed by atoms with Crippen LogP contribution in [-0.4, -0.2) is 128 Å². The van der Waals surface area contributed by atoms with Crippen molar-refractivity contribution < 1.29 is 64.2 Å². The second-order valence-corrected chi connectivity index (χ2v) is 16.4. The normalized spacial score (nSPS) is 56.9. The lowest BCUT2D eigenvalue weighted by Crippen LogP contribution is -2.66. The highest BCUT2D eigenvalue weighted by atomic mass is 16.7. The quantitative estimate of drug-likeness (QED) is 0.154. The SMILES string of the molecule is CC1OC(OC2C(C)OC(OC3CCC4(C)C(CCC5C4C(O)CC4(C)C(C6=CC(=O)OC6)CCC54O)C3)C(O)C2O)C(O)C(O)C1O. The molecule has 272 valence electrons. The number of hydrogen-bond acceptors (Lipinski definition) is 13. The summed E-state index contributed by atoms with van der Waals surface area (Å²) in [6, 6.07) is 0. The van der Waals surface area contributed by atoms with Crippen LogP contribution in [0.25, 0.3) is 0 Å². The van der Waals surface area contributed by atoms with E-state index in [1.807, 2.05) is 0 Å². The van der Waals surface area contributed by atoms with Crippen molar-refractivity contribution in [3.05, 3.63) is 11.6 Å². The van der Waals surface area contributed by atoms with Gasteiger partial charge in [0.05, 0.1) is 30.0 Å². The van der Waals surface area contributed by atoms with Crippen molar-refractivity contribution in [2.75, 3.05) is 6.61 Å². The number of carbonyl (C=O) groups is 1. The molecule has 19 unspecified atom stereocenters. The first kappa shape index (κ1) is 35.2. The van der Waals surface area contributed by atoms with Crippen LogP contribution in [0.1, 0.15) is 79.1 Å². The van der Waals surface area contributed by atoms with Crippen molar-refractivity contribution >= 4 is 5.97 Å². The van der Waals surface area contributed by atoms with Gasteiger partial charge in [0.2, 0.25) is 0 Å². The lowest BCUT2D eigenvalue weighted by molar-refractivity contribution is -0.357. The van der Waals surface area contributed by atoms with E-state index in [4.69, 9.17) is 23.7 Å². The molecule has 0 bridgehead atoms. The van der Waals surface area contributed by atoms with Crippen molar-refractivity contribution in [2.24, 2.45) is 34.5 Å². The fourth-order valence-electron chi connectivity index (χ4n) is 11.4. The lowest BCUT2D eigenvalue weighted by Gasteiger charge is -2.65. The number of rotatable bonds is 5. The van der Waals surface area contributed by atoms with Gasteiger partial charge in [0.15, 0.2) is 12.6 Å². The Morgan fingerprint density at radius 1 is 0.812 bits per heavy atom. The molecule has 3 aliphatic heterocycles. The summed E-state index contributed by atoms with van der Waals surface area (Å²) in [6.07, 6.45) is -6.09. The number of ether oxygens (including phenoxy) is 5. The van der Waals surface area contributed by atoms with Gasteiger partial charge < -0.3 is 59.4 Å². The number of hydrogen-bond donors (Lipinski definition) is 7.